The monoisotopic (exact) mass is 153 g/mol. The zero-order valence-electron chi connectivity index (χ0n) is 5.33. The summed E-state index contributed by atoms with van der Waals surface area (Å²) in [6, 6.07) is -0.170. The van der Waals surface area contributed by atoms with Crippen molar-refractivity contribution in [1.82, 2.24) is 0 Å². The molecule has 56 valence electrons. The third kappa shape index (κ3) is 1.55. The lowest BCUT2D eigenvalue weighted by Gasteiger charge is -2.39. The average Bonchev–Trinajstić information content (AvgIpc) is 1.60. The van der Waals surface area contributed by atoms with Gasteiger partial charge in [-0.05, 0) is 6.92 Å². The Hall–Kier alpha value is 0.170. The van der Waals surface area contributed by atoms with Gasteiger partial charge in [0.2, 0.25) is 0 Å². The second-order valence-corrected chi connectivity index (χ2v) is 2.39. The highest BCUT2D eigenvalue weighted by Gasteiger charge is 2.39. The molecule has 4 heteroatoms. The standard InChI is InChI=1S/C5H11NO2.ClH/c1-4(6)5(7)2-8-3-5;/h4,7H,2-3,6H2,1H3;1H. The van der Waals surface area contributed by atoms with Gasteiger partial charge in [0.05, 0.1) is 13.2 Å². The van der Waals surface area contributed by atoms with Gasteiger partial charge in [-0.15, -0.1) is 12.4 Å². The van der Waals surface area contributed by atoms with E-state index in [1.807, 2.05) is 0 Å². The maximum absolute atomic E-state index is 9.24. The molecule has 1 fully saturated rings. The Morgan fingerprint density at radius 3 is 2.11 bits per heavy atom. The summed E-state index contributed by atoms with van der Waals surface area (Å²) in [5.74, 6) is 0. The number of aliphatic hydroxyl groups is 1. The van der Waals surface area contributed by atoms with Gasteiger partial charge >= 0.3 is 0 Å². The summed E-state index contributed by atoms with van der Waals surface area (Å²) in [6.45, 7) is 2.57. The van der Waals surface area contributed by atoms with Crippen LogP contribution >= 0.6 is 12.4 Å². The van der Waals surface area contributed by atoms with Crippen LogP contribution in [0.1, 0.15) is 6.92 Å². The van der Waals surface area contributed by atoms with Gasteiger partial charge in [-0.2, -0.15) is 0 Å². The second-order valence-electron chi connectivity index (χ2n) is 2.39. The normalized spacial score (nSPS) is 25.7. The second kappa shape index (κ2) is 2.84. The molecule has 0 saturated carbocycles. The predicted octanol–water partition coefficient (Wildman–Crippen LogP) is -0.483. The Labute approximate surface area is 60.6 Å². The van der Waals surface area contributed by atoms with Gasteiger partial charge < -0.3 is 15.6 Å². The largest absolute Gasteiger partial charge is 0.383 e. The highest BCUT2D eigenvalue weighted by Crippen LogP contribution is 2.18. The zero-order valence-corrected chi connectivity index (χ0v) is 6.15. The number of nitrogens with two attached hydrogens (primary N) is 1. The Kier molecular flexibility index (Phi) is 2.89. The molecule has 0 aromatic carbocycles. The molecule has 0 aromatic heterocycles. The molecule has 0 aromatic rings. The van der Waals surface area contributed by atoms with Crippen LogP contribution in [0.4, 0.5) is 0 Å². The first kappa shape index (κ1) is 9.17. The van der Waals surface area contributed by atoms with Crippen molar-refractivity contribution in [2.24, 2.45) is 5.73 Å². The topological polar surface area (TPSA) is 55.5 Å². The van der Waals surface area contributed by atoms with Crippen molar-refractivity contribution in [3.8, 4) is 0 Å². The van der Waals surface area contributed by atoms with E-state index >= 15 is 0 Å². The Morgan fingerprint density at radius 1 is 1.67 bits per heavy atom. The maximum Gasteiger partial charge on any atom is 0.126 e. The first-order valence-electron chi connectivity index (χ1n) is 2.71. The van der Waals surface area contributed by atoms with Crippen molar-refractivity contribution in [3.05, 3.63) is 0 Å². The molecule has 9 heavy (non-hydrogen) atoms. The first-order valence-corrected chi connectivity index (χ1v) is 2.71. The molecule has 0 aliphatic carbocycles. The molecular weight excluding hydrogens is 142 g/mol. The van der Waals surface area contributed by atoms with Crippen molar-refractivity contribution < 1.29 is 9.84 Å². The van der Waals surface area contributed by atoms with Gasteiger partial charge in [0.25, 0.3) is 0 Å². The molecule has 1 atom stereocenters. The lowest BCUT2D eigenvalue weighted by molar-refractivity contribution is -0.186. The van der Waals surface area contributed by atoms with Crippen LogP contribution in [-0.2, 0) is 4.74 Å². The summed E-state index contributed by atoms with van der Waals surface area (Å²) >= 11 is 0. The van der Waals surface area contributed by atoms with Gasteiger partial charge in [-0.25, -0.2) is 0 Å². The van der Waals surface area contributed by atoms with E-state index in [1.165, 1.54) is 0 Å². The minimum absolute atomic E-state index is 0. The summed E-state index contributed by atoms with van der Waals surface area (Å²) < 4.78 is 4.77. The smallest absolute Gasteiger partial charge is 0.126 e. The van der Waals surface area contributed by atoms with Crippen molar-refractivity contribution >= 4 is 12.4 Å². The SMILES string of the molecule is CC(N)C1(O)COC1.Cl. The molecule has 3 N–H and O–H groups in total. The lowest BCUT2D eigenvalue weighted by atomic mass is 9.95. The quantitative estimate of drug-likeness (QED) is 0.535. The Morgan fingerprint density at radius 2 is 2.11 bits per heavy atom. The molecule has 0 radical (unpaired) electrons. The van der Waals surface area contributed by atoms with Crippen LogP contribution in [0.3, 0.4) is 0 Å². The van der Waals surface area contributed by atoms with Crippen LogP contribution < -0.4 is 5.73 Å². The van der Waals surface area contributed by atoms with Gasteiger partial charge in [-0.3, -0.25) is 0 Å². The van der Waals surface area contributed by atoms with Gasteiger partial charge in [0.15, 0.2) is 0 Å². The minimum atomic E-state index is -0.722. The zero-order chi connectivity index (χ0) is 6.20. The number of halogens is 1. The summed E-state index contributed by atoms with van der Waals surface area (Å²) in [5.41, 5.74) is 4.68. The molecule has 3 nitrogen and oxygen atoms in total. The third-order valence-electron chi connectivity index (χ3n) is 1.55. The summed E-state index contributed by atoms with van der Waals surface area (Å²) in [4.78, 5) is 0. The van der Waals surface area contributed by atoms with Gasteiger partial charge in [0, 0.05) is 6.04 Å². The van der Waals surface area contributed by atoms with Crippen molar-refractivity contribution in [3.63, 3.8) is 0 Å². The highest BCUT2D eigenvalue weighted by atomic mass is 35.5. The predicted molar refractivity (Wildman–Crippen MR) is 36.7 cm³/mol. The van der Waals surface area contributed by atoms with Gasteiger partial charge in [0.1, 0.15) is 5.60 Å². The first-order chi connectivity index (χ1) is 3.65. The average molecular weight is 154 g/mol. The van der Waals surface area contributed by atoms with E-state index in [0.717, 1.165) is 0 Å². The highest BCUT2D eigenvalue weighted by molar-refractivity contribution is 5.85. The van der Waals surface area contributed by atoms with Crippen LogP contribution in [-0.4, -0.2) is 30.0 Å². The van der Waals surface area contributed by atoms with Crippen molar-refractivity contribution in [1.29, 1.82) is 0 Å². The van der Waals surface area contributed by atoms with Crippen molar-refractivity contribution in [2.75, 3.05) is 13.2 Å². The Balaban J connectivity index is 0.000000640. The fourth-order valence-corrected chi connectivity index (χ4v) is 0.574. The molecule has 1 rings (SSSR count). The number of hydrogen-bond acceptors (Lipinski definition) is 3. The summed E-state index contributed by atoms with van der Waals surface area (Å²) in [6.07, 6.45) is 0. The van der Waals surface area contributed by atoms with E-state index in [2.05, 4.69) is 0 Å². The fourth-order valence-electron chi connectivity index (χ4n) is 0.574. The number of hydrogen-bond donors (Lipinski definition) is 2. The fraction of sp³-hybridized carbons (Fsp3) is 1.00. The van der Waals surface area contributed by atoms with E-state index in [9.17, 15) is 5.11 Å². The van der Waals surface area contributed by atoms with Crippen LogP contribution in [0, 0.1) is 0 Å². The Bertz CT molecular complexity index is 93.0. The molecule has 1 aliphatic rings. The molecule has 1 aliphatic heterocycles. The van der Waals surface area contributed by atoms with E-state index < -0.39 is 5.60 Å². The molecular formula is C5H12ClNO2. The molecule has 0 bridgehead atoms. The van der Waals surface area contributed by atoms with Crippen LogP contribution in [0.5, 0.6) is 0 Å². The van der Waals surface area contributed by atoms with Gasteiger partial charge in [-0.1, -0.05) is 0 Å². The van der Waals surface area contributed by atoms with E-state index in [-0.39, 0.29) is 18.4 Å². The maximum atomic E-state index is 9.24. The van der Waals surface area contributed by atoms with E-state index in [0.29, 0.717) is 13.2 Å². The van der Waals surface area contributed by atoms with Crippen LogP contribution in [0.25, 0.3) is 0 Å². The number of ether oxygens (including phenoxy) is 1. The van der Waals surface area contributed by atoms with Crippen LogP contribution in [0.2, 0.25) is 0 Å². The third-order valence-corrected chi connectivity index (χ3v) is 1.55. The van der Waals surface area contributed by atoms with E-state index in [4.69, 9.17) is 10.5 Å². The molecule has 1 saturated heterocycles. The minimum Gasteiger partial charge on any atom is -0.383 e. The molecule has 0 amide bonds. The van der Waals surface area contributed by atoms with Crippen LogP contribution in [0.15, 0.2) is 0 Å². The molecule has 1 unspecified atom stereocenters. The summed E-state index contributed by atoms with van der Waals surface area (Å²) in [7, 11) is 0. The molecule has 0 spiro atoms. The van der Waals surface area contributed by atoms with E-state index in [1.54, 1.807) is 6.92 Å². The molecule has 1 heterocycles. The number of rotatable bonds is 1. The van der Waals surface area contributed by atoms with Crippen molar-refractivity contribution in [2.45, 2.75) is 18.6 Å². The lowest BCUT2D eigenvalue weighted by Crippen LogP contribution is -2.60. The summed E-state index contributed by atoms with van der Waals surface area (Å²) in [5, 5.41) is 9.24.